The van der Waals surface area contributed by atoms with E-state index < -0.39 is 16.0 Å². The van der Waals surface area contributed by atoms with Crippen LogP contribution in [0.4, 0.5) is 0 Å². The second kappa shape index (κ2) is 5.22. The standard InChI is InChI=1S/C12H15N3O4S/c1-8-14-10-5-2-4-9(12(16)17)11(10)15(8)6-3-7-20(13,18)19/h2,4-5H,3,6-7H2,1H3,(H,16,17)(H2,13,18,19). The zero-order valence-corrected chi connectivity index (χ0v) is 11.7. The summed E-state index contributed by atoms with van der Waals surface area (Å²) >= 11 is 0. The molecule has 0 fully saturated rings. The van der Waals surface area contributed by atoms with Crippen molar-refractivity contribution in [2.75, 3.05) is 5.75 Å². The van der Waals surface area contributed by atoms with Crippen molar-refractivity contribution in [2.45, 2.75) is 19.9 Å². The molecule has 0 saturated heterocycles. The van der Waals surface area contributed by atoms with Crippen molar-refractivity contribution in [3.8, 4) is 0 Å². The van der Waals surface area contributed by atoms with Crippen LogP contribution in [0.25, 0.3) is 11.0 Å². The minimum absolute atomic E-state index is 0.151. The van der Waals surface area contributed by atoms with Gasteiger partial charge >= 0.3 is 5.97 Å². The number of aryl methyl sites for hydroxylation is 2. The number of carboxylic acids is 1. The molecule has 7 nitrogen and oxygen atoms in total. The van der Waals surface area contributed by atoms with Crippen LogP contribution >= 0.6 is 0 Å². The molecule has 0 saturated carbocycles. The summed E-state index contributed by atoms with van der Waals surface area (Å²) in [6.45, 7) is 2.10. The maximum atomic E-state index is 11.3. The molecule has 108 valence electrons. The summed E-state index contributed by atoms with van der Waals surface area (Å²) in [4.78, 5) is 15.5. The zero-order chi connectivity index (χ0) is 14.9. The number of hydrogen-bond donors (Lipinski definition) is 2. The number of carboxylic acid groups (broad SMARTS) is 1. The summed E-state index contributed by atoms with van der Waals surface area (Å²) in [5.74, 6) is -0.548. The molecule has 0 bridgehead atoms. The third kappa shape index (κ3) is 2.97. The van der Waals surface area contributed by atoms with Crippen molar-refractivity contribution in [3.63, 3.8) is 0 Å². The van der Waals surface area contributed by atoms with Crippen LogP contribution in [-0.2, 0) is 16.6 Å². The molecular weight excluding hydrogens is 282 g/mol. The fraction of sp³-hybridized carbons (Fsp3) is 0.333. The Bertz CT molecular complexity index is 764. The number of imidazole rings is 1. The normalized spacial score (nSPS) is 11.9. The maximum absolute atomic E-state index is 11.3. The molecule has 0 aliphatic heterocycles. The Hall–Kier alpha value is -1.93. The Kier molecular flexibility index (Phi) is 3.78. The van der Waals surface area contributed by atoms with Crippen molar-refractivity contribution in [3.05, 3.63) is 29.6 Å². The second-order valence-electron chi connectivity index (χ2n) is 4.51. The highest BCUT2D eigenvalue weighted by molar-refractivity contribution is 7.89. The highest BCUT2D eigenvalue weighted by Gasteiger charge is 2.16. The van der Waals surface area contributed by atoms with E-state index in [1.54, 1.807) is 23.6 Å². The molecule has 2 aromatic rings. The van der Waals surface area contributed by atoms with E-state index in [0.717, 1.165) is 0 Å². The lowest BCUT2D eigenvalue weighted by Crippen LogP contribution is -2.18. The van der Waals surface area contributed by atoms with Gasteiger partial charge in [-0.1, -0.05) is 6.07 Å². The van der Waals surface area contributed by atoms with Gasteiger partial charge < -0.3 is 9.67 Å². The van der Waals surface area contributed by atoms with Crippen molar-refractivity contribution in [1.29, 1.82) is 0 Å². The minimum Gasteiger partial charge on any atom is -0.478 e. The van der Waals surface area contributed by atoms with E-state index in [1.807, 2.05) is 0 Å². The van der Waals surface area contributed by atoms with Crippen LogP contribution in [0.15, 0.2) is 18.2 Å². The van der Waals surface area contributed by atoms with Gasteiger partial charge in [-0.15, -0.1) is 0 Å². The number of primary sulfonamides is 1. The maximum Gasteiger partial charge on any atom is 0.337 e. The van der Waals surface area contributed by atoms with Crippen molar-refractivity contribution < 1.29 is 18.3 Å². The van der Waals surface area contributed by atoms with Gasteiger partial charge in [0.2, 0.25) is 10.0 Å². The molecule has 1 aromatic carbocycles. The molecule has 0 aliphatic rings. The van der Waals surface area contributed by atoms with Crippen LogP contribution in [0.3, 0.4) is 0 Å². The number of carbonyl (C=O) groups is 1. The second-order valence-corrected chi connectivity index (χ2v) is 6.24. The third-order valence-corrected chi connectivity index (χ3v) is 3.86. The Balaban J connectivity index is 2.42. The number of benzene rings is 1. The molecule has 20 heavy (non-hydrogen) atoms. The van der Waals surface area contributed by atoms with Crippen LogP contribution in [0.2, 0.25) is 0 Å². The number of sulfonamides is 1. The van der Waals surface area contributed by atoms with E-state index in [-0.39, 0.29) is 11.3 Å². The summed E-state index contributed by atoms with van der Waals surface area (Å²) in [5.41, 5.74) is 1.24. The summed E-state index contributed by atoms with van der Waals surface area (Å²) in [6.07, 6.45) is 0.305. The van der Waals surface area contributed by atoms with E-state index >= 15 is 0 Å². The highest BCUT2D eigenvalue weighted by atomic mass is 32.2. The molecule has 2 rings (SSSR count). The molecule has 1 heterocycles. The van der Waals surface area contributed by atoms with Crippen molar-refractivity contribution in [2.24, 2.45) is 5.14 Å². The summed E-state index contributed by atoms with van der Waals surface area (Å²) in [6, 6.07) is 4.86. The van der Waals surface area contributed by atoms with Gasteiger partial charge in [-0.05, 0) is 25.5 Å². The van der Waals surface area contributed by atoms with Crippen LogP contribution in [-0.4, -0.2) is 34.8 Å². The van der Waals surface area contributed by atoms with Gasteiger partial charge in [0, 0.05) is 6.54 Å². The monoisotopic (exact) mass is 297 g/mol. The lowest BCUT2D eigenvalue weighted by molar-refractivity contribution is 0.0698. The minimum atomic E-state index is -3.52. The summed E-state index contributed by atoms with van der Waals surface area (Å²) in [5, 5.41) is 14.2. The molecule has 0 spiro atoms. The first-order chi connectivity index (χ1) is 9.29. The fourth-order valence-corrected chi connectivity index (χ4v) is 2.70. The quantitative estimate of drug-likeness (QED) is 0.843. The SMILES string of the molecule is Cc1nc2cccc(C(=O)O)c2n1CCCS(N)(=O)=O. The van der Waals surface area contributed by atoms with Gasteiger partial charge in [-0.25, -0.2) is 23.3 Å². The number of nitrogens with zero attached hydrogens (tertiary/aromatic N) is 2. The number of hydrogen-bond acceptors (Lipinski definition) is 4. The lowest BCUT2D eigenvalue weighted by atomic mass is 10.2. The highest BCUT2D eigenvalue weighted by Crippen LogP contribution is 2.21. The molecule has 0 aliphatic carbocycles. The first kappa shape index (κ1) is 14.5. The van der Waals surface area contributed by atoms with Crippen LogP contribution in [0.1, 0.15) is 22.6 Å². The van der Waals surface area contributed by atoms with Gasteiger partial charge in [-0.2, -0.15) is 0 Å². The average molecular weight is 297 g/mol. The number of rotatable bonds is 5. The number of para-hydroxylation sites is 1. The fourth-order valence-electron chi connectivity index (χ4n) is 2.17. The van der Waals surface area contributed by atoms with E-state index in [4.69, 9.17) is 5.14 Å². The van der Waals surface area contributed by atoms with E-state index in [2.05, 4.69) is 4.98 Å². The molecule has 1 aromatic heterocycles. The molecular formula is C12H15N3O4S. The number of fused-ring (bicyclic) bond motifs is 1. The van der Waals surface area contributed by atoms with Gasteiger partial charge in [0.05, 0.1) is 22.3 Å². The van der Waals surface area contributed by atoms with Crippen molar-refractivity contribution in [1.82, 2.24) is 9.55 Å². The first-order valence-corrected chi connectivity index (χ1v) is 7.71. The lowest BCUT2D eigenvalue weighted by Gasteiger charge is -2.08. The van der Waals surface area contributed by atoms with Gasteiger partial charge in [0.25, 0.3) is 0 Å². The molecule has 8 heteroatoms. The van der Waals surface area contributed by atoms with E-state index in [9.17, 15) is 18.3 Å². The molecule has 0 atom stereocenters. The number of aromatic carboxylic acids is 1. The largest absolute Gasteiger partial charge is 0.478 e. The summed E-state index contributed by atoms with van der Waals surface area (Å²) < 4.78 is 23.6. The van der Waals surface area contributed by atoms with Crippen LogP contribution < -0.4 is 5.14 Å². The van der Waals surface area contributed by atoms with Crippen LogP contribution in [0, 0.1) is 6.92 Å². The molecule has 0 amide bonds. The van der Waals surface area contributed by atoms with E-state index in [0.29, 0.717) is 29.8 Å². The Morgan fingerprint density at radius 1 is 1.45 bits per heavy atom. The average Bonchev–Trinajstić information content (AvgIpc) is 2.64. The van der Waals surface area contributed by atoms with Gasteiger partial charge in [0.1, 0.15) is 5.82 Å². The predicted molar refractivity (Wildman–Crippen MR) is 74.0 cm³/mol. The summed E-state index contributed by atoms with van der Waals surface area (Å²) in [7, 11) is -3.52. The first-order valence-electron chi connectivity index (χ1n) is 5.99. The Labute approximate surface area is 116 Å². The van der Waals surface area contributed by atoms with Gasteiger partial charge in [0.15, 0.2) is 0 Å². The predicted octanol–water partition coefficient (Wildman–Crippen LogP) is 0.722. The smallest absolute Gasteiger partial charge is 0.337 e. The topological polar surface area (TPSA) is 115 Å². The molecule has 0 unspecified atom stereocenters. The van der Waals surface area contributed by atoms with Gasteiger partial charge in [-0.3, -0.25) is 0 Å². The van der Waals surface area contributed by atoms with Crippen molar-refractivity contribution >= 4 is 27.0 Å². The zero-order valence-electron chi connectivity index (χ0n) is 10.9. The Morgan fingerprint density at radius 2 is 2.15 bits per heavy atom. The number of aromatic nitrogens is 2. The number of nitrogens with two attached hydrogens (primary N) is 1. The molecule has 0 radical (unpaired) electrons. The third-order valence-electron chi connectivity index (χ3n) is 3.00. The Morgan fingerprint density at radius 3 is 2.75 bits per heavy atom. The molecule has 3 N–H and O–H groups in total. The van der Waals surface area contributed by atoms with Crippen LogP contribution in [0.5, 0.6) is 0 Å². The van der Waals surface area contributed by atoms with E-state index in [1.165, 1.54) is 6.07 Å².